The van der Waals surface area contributed by atoms with Gasteiger partial charge in [0, 0.05) is 6.54 Å². The van der Waals surface area contributed by atoms with Crippen LogP contribution in [0.1, 0.15) is 27.2 Å². The maximum absolute atomic E-state index is 8.58. The fraction of sp³-hybridized carbons (Fsp3) is 0.900. The van der Waals surface area contributed by atoms with Gasteiger partial charge >= 0.3 is 0 Å². The van der Waals surface area contributed by atoms with Crippen molar-refractivity contribution in [2.45, 2.75) is 33.2 Å². The summed E-state index contributed by atoms with van der Waals surface area (Å²) in [5.41, 5.74) is 5.58. The molecule has 1 aliphatic rings. The van der Waals surface area contributed by atoms with E-state index >= 15 is 0 Å². The van der Waals surface area contributed by atoms with E-state index in [4.69, 9.17) is 10.9 Å². The summed E-state index contributed by atoms with van der Waals surface area (Å²) in [6.07, 6.45) is 1.22. The minimum absolute atomic E-state index is 0.0590. The van der Waals surface area contributed by atoms with Crippen LogP contribution in [0.3, 0.4) is 0 Å². The summed E-state index contributed by atoms with van der Waals surface area (Å²) >= 11 is 0. The van der Waals surface area contributed by atoms with E-state index in [1.165, 1.54) is 6.42 Å². The van der Waals surface area contributed by atoms with Crippen LogP contribution in [0.2, 0.25) is 0 Å². The highest BCUT2D eigenvalue weighted by Gasteiger charge is 2.29. The summed E-state index contributed by atoms with van der Waals surface area (Å²) in [6.45, 7) is 8.61. The average molecular weight is 199 g/mol. The highest BCUT2D eigenvalue weighted by Crippen LogP contribution is 2.24. The monoisotopic (exact) mass is 199 g/mol. The van der Waals surface area contributed by atoms with Crippen molar-refractivity contribution in [1.82, 2.24) is 4.90 Å². The van der Waals surface area contributed by atoms with E-state index in [1.54, 1.807) is 0 Å². The SMILES string of the molecule is CC(C)C1CCN(C(C)C(N)=NO)C1. The van der Waals surface area contributed by atoms with Crippen molar-refractivity contribution >= 4 is 5.84 Å². The molecule has 0 aromatic carbocycles. The number of hydrogen-bond donors (Lipinski definition) is 2. The number of nitrogens with two attached hydrogens (primary N) is 1. The molecule has 0 amide bonds. The van der Waals surface area contributed by atoms with Gasteiger partial charge in [0.1, 0.15) is 0 Å². The predicted molar refractivity (Wildman–Crippen MR) is 57.4 cm³/mol. The normalized spacial score (nSPS) is 27.1. The van der Waals surface area contributed by atoms with Gasteiger partial charge in [-0.05, 0) is 31.7 Å². The minimum atomic E-state index is 0.0590. The molecule has 0 spiro atoms. The Morgan fingerprint density at radius 2 is 2.14 bits per heavy atom. The van der Waals surface area contributed by atoms with Gasteiger partial charge in [0.15, 0.2) is 5.84 Å². The minimum Gasteiger partial charge on any atom is -0.409 e. The van der Waals surface area contributed by atoms with Crippen LogP contribution in [0.4, 0.5) is 0 Å². The summed E-state index contributed by atoms with van der Waals surface area (Å²) in [7, 11) is 0. The molecule has 82 valence electrons. The molecule has 2 atom stereocenters. The van der Waals surface area contributed by atoms with Crippen molar-refractivity contribution in [2.75, 3.05) is 13.1 Å². The Morgan fingerprint density at radius 3 is 2.57 bits per heavy atom. The van der Waals surface area contributed by atoms with E-state index < -0.39 is 0 Å². The first-order valence-electron chi connectivity index (χ1n) is 5.27. The molecule has 0 saturated carbocycles. The van der Waals surface area contributed by atoms with Gasteiger partial charge in [-0.25, -0.2) is 0 Å². The lowest BCUT2D eigenvalue weighted by Gasteiger charge is -2.23. The summed E-state index contributed by atoms with van der Waals surface area (Å²) in [6, 6.07) is 0.0590. The molecular weight excluding hydrogens is 178 g/mol. The molecule has 0 bridgehead atoms. The maximum atomic E-state index is 8.58. The number of nitrogens with zero attached hydrogens (tertiary/aromatic N) is 2. The molecule has 3 N–H and O–H groups in total. The van der Waals surface area contributed by atoms with Crippen LogP contribution in [0.25, 0.3) is 0 Å². The van der Waals surface area contributed by atoms with Gasteiger partial charge in [-0.2, -0.15) is 0 Å². The van der Waals surface area contributed by atoms with Crippen LogP contribution in [0.15, 0.2) is 5.16 Å². The van der Waals surface area contributed by atoms with Gasteiger partial charge in [-0.1, -0.05) is 19.0 Å². The van der Waals surface area contributed by atoms with Crippen LogP contribution in [-0.4, -0.2) is 35.1 Å². The van der Waals surface area contributed by atoms with E-state index in [9.17, 15) is 0 Å². The third kappa shape index (κ3) is 2.38. The van der Waals surface area contributed by atoms with Crippen LogP contribution in [-0.2, 0) is 0 Å². The average Bonchev–Trinajstić information content (AvgIpc) is 2.64. The zero-order valence-corrected chi connectivity index (χ0v) is 9.27. The van der Waals surface area contributed by atoms with E-state index in [0.29, 0.717) is 5.84 Å². The Hall–Kier alpha value is -0.770. The molecule has 4 nitrogen and oxygen atoms in total. The molecule has 4 heteroatoms. The lowest BCUT2D eigenvalue weighted by Crippen LogP contribution is -2.41. The Kier molecular flexibility index (Phi) is 3.75. The van der Waals surface area contributed by atoms with E-state index in [1.807, 2.05) is 6.92 Å². The first kappa shape index (κ1) is 11.3. The molecule has 14 heavy (non-hydrogen) atoms. The van der Waals surface area contributed by atoms with Gasteiger partial charge in [0.05, 0.1) is 6.04 Å². The van der Waals surface area contributed by atoms with Crippen molar-refractivity contribution in [3.05, 3.63) is 0 Å². The predicted octanol–water partition coefficient (Wildman–Crippen LogP) is 1.10. The second kappa shape index (κ2) is 4.64. The first-order valence-corrected chi connectivity index (χ1v) is 5.27. The number of hydrogen-bond acceptors (Lipinski definition) is 3. The van der Waals surface area contributed by atoms with Crippen molar-refractivity contribution in [3.8, 4) is 0 Å². The van der Waals surface area contributed by atoms with Crippen LogP contribution < -0.4 is 5.73 Å². The quantitative estimate of drug-likeness (QED) is 0.310. The molecule has 1 heterocycles. The molecule has 0 aromatic heterocycles. The molecule has 1 rings (SSSR count). The largest absolute Gasteiger partial charge is 0.409 e. The number of oxime groups is 1. The van der Waals surface area contributed by atoms with Crippen molar-refractivity contribution in [3.63, 3.8) is 0 Å². The van der Waals surface area contributed by atoms with Crippen molar-refractivity contribution in [2.24, 2.45) is 22.7 Å². The van der Waals surface area contributed by atoms with E-state index in [-0.39, 0.29) is 6.04 Å². The molecule has 0 aliphatic carbocycles. The Morgan fingerprint density at radius 1 is 1.50 bits per heavy atom. The third-order valence-electron chi connectivity index (χ3n) is 3.29. The lowest BCUT2D eigenvalue weighted by atomic mass is 9.95. The maximum Gasteiger partial charge on any atom is 0.156 e. The van der Waals surface area contributed by atoms with E-state index in [2.05, 4.69) is 23.9 Å². The van der Waals surface area contributed by atoms with Crippen LogP contribution in [0.5, 0.6) is 0 Å². The standard InChI is InChI=1S/C10H21N3O/c1-7(2)9-4-5-13(6-9)8(3)10(11)12-14/h7-9,14H,4-6H2,1-3H3,(H2,11,12). The summed E-state index contributed by atoms with van der Waals surface area (Å²) < 4.78 is 0. The molecule has 0 radical (unpaired) electrons. The second-order valence-corrected chi connectivity index (χ2v) is 4.49. The van der Waals surface area contributed by atoms with Gasteiger partial charge in [0.25, 0.3) is 0 Å². The zero-order valence-electron chi connectivity index (χ0n) is 9.27. The Bertz CT molecular complexity index is 215. The lowest BCUT2D eigenvalue weighted by molar-refractivity contribution is 0.269. The molecular formula is C10H21N3O. The Labute approximate surface area is 85.8 Å². The van der Waals surface area contributed by atoms with E-state index in [0.717, 1.165) is 24.9 Å². The summed E-state index contributed by atoms with van der Waals surface area (Å²) in [5, 5.41) is 11.6. The topological polar surface area (TPSA) is 61.8 Å². The van der Waals surface area contributed by atoms with Gasteiger partial charge in [0.2, 0.25) is 0 Å². The highest BCUT2D eigenvalue weighted by atomic mass is 16.4. The molecule has 1 saturated heterocycles. The zero-order chi connectivity index (χ0) is 10.7. The highest BCUT2D eigenvalue weighted by molar-refractivity contribution is 5.84. The molecule has 1 aliphatic heterocycles. The fourth-order valence-corrected chi connectivity index (χ4v) is 1.98. The van der Waals surface area contributed by atoms with Crippen LogP contribution >= 0.6 is 0 Å². The first-order chi connectivity index (χ1) is 6.56. The third-order valence-corrected chi connectivity index (χ3v) is 3.29. The second-order valence-electron chi connectivity index (χ2n) is 4.49. The number of likely N-dealkylation sites (tertiary alicyclic amines) is 1. The van der Waals surface area contributed by atoms with Crippen LogP contribution in [0, 0.1) is 11.8 Å². The Balaban J connectivity index is 2.49. The van der Waals surface area contributed by atoms with Crippen molar-refractivity contribution < 1.29 is 5.21 Å². The van der Waals surface area contributed by atoms with Crippen molar-refractivity contribution in [1.29, 1.82) is 0 Å². The number of amidine groups is 1. The van der Waals surface area contributed by atoms with Gasteiger partial charge in [-0.15, -0.1) is 0 Å². The summed E-state index contributed by atoms with van der Waals surface area (Å²) in [5.74, 6) is 1.79. The summed E-state index contributed by atoms with van der Waals surface area (Å²) in [4.78, 5) is 2.28. The molecule has 2 unspecified atom stereocenters. The molecule has 1 fully saturated rings. The van der Waals surface area contributed by atoms with Gasteiger partial charge in [-0.3, -0.25) is 4.90 Å². The van der Waals surface area contributed by atoms with Gasteiger partial charge < -0.3 is 10.9 Å². The molecule has 0 aromatic rings. The smallest absolute Gasteiger partial charge is 0.156 e. The number of rotatable bonds is 3. The fourth-order valence-electron chi connectivity index (χ4n) is 1.98.